The number of hydrogen-bond acceptors (Lipinski definition) is 4. The van der Waals surface area contributed by atoms with Crippen molar-refractivity contribution in [1.29, 1.82) is 0 Å². The number of rotatable bonds is 8. The molecule has 4 aromatic heterocycles. The minimum atomic E-state index is -0.289. The first kappa shape index (κ1) is 25.5. The van der Waals surface area contributed by atoms with Gasteiger partial charge in [-0.1, -0.05) is 50.3 Å². The van der Waals surface area contributed by atoms with Crippen molar-refractivity contribution in [2.24, 2.45) is 5.92 Å². The lowest BCUT2D eigenvalue weighted by atomic mass is 10.0. The molecule has 0 bridgehead atoms. The van der Waals surface area contributed by atoms with E-state index in [4.69, 9.17) is 4.98 Å². The van der Waals surface area contributed by atoms with Gasteiger partial charge < -0.3 is 10.3 Å². The summed E-state index contributed by atoms with van der Waals surface area (Å²) in [4.78, 5) is 12.8. The van der Waals surface area contributed by atoms with Crippen molar-refractivity contribution in [2.75, 3.05) is 0 Å². The zero-order valence-corrected chi connectivity index (χ0v) is 22.5. The summed E-state index contributed by atoms with van der Waals surface area (Å²) in [5, 5.41) is 12.0. The van der Waals surface area contributed by atoms with E-state index >= 15 is 0 Å². The molecule has 6 nitrogen and oxygen atoms in total. The lowest BCUT2D eigenvalue weighted by Crippen LogP contribution is -2.16. The summed E-state index contributed by atoms with van der Waals surface area (Å²) in [6.45, 7) is 10.3. The molecule has 1 fully saturated rings. The second-order valence-electron chi connectivity index (χ2n) is 10.2. The van der Waals surface area contributed by atoms with Crippen molar-refractivity contribution >= 4 is 27.5 Å². The Morgan fingerprint density at radius 1 is 1.07 bits per heavy atom. The zero-order chi connectivity index (χ0) is 27.6. The predicted octanol–water partition coefficient (Wildman–Crippen LogP) is 8.07. The Labute approximate surface area is 232 Å². The van der Waals surface area contributed by atoms with Crippen molar-refractivity contribution in [2.45, 2.75) is 32.6 Å². The fourth-order valence-electron chi connectivity index (χ4n) is 5.50. The molecule has 0 atom stereocenters. The first-order valence-electron chi connectivity index (χ1n) is 13.6. The normalized spacial score (nSPS) is 14.8. The van der Waals surface area contributed by atoms with E-state index in [1.807, 2.05) is 43.3 Å². The maximum atomic E-state index is 14.6. The third kappa shape index (κ3) is 4.75. The summed E-state index contributed by atoms with van der Waals surface area (Å²) in [6.07, 6.45) is 14.2. The summed E-state index contributed by atoms with van der Waals surface area (Å²) in [7, 11) is 0. The van der Waals surface area contributed by atoms with Gasteiger partial charge in [0.1, 0.15) is 17.0 Å². The molecule has 1 saturated carbocycles. The van der Waals surface area contributed by atoms with Gasteiger partial charge in [0, 0.05) is 34.1 Å². The summed E-state index contributed by atoms with van der Waals surface area (Å²) in [5.74, 6) is 0.217. The third-order valence-corrected chi connectivity index (χ3v) is 7.66. The quantitative estimate of drug-likeness (QED) is 0.177. The molecule has 1 aliphatic rings. The Hall–Kier alpha value is -4.78. The smallest absolute Gasteiger partial charge is 0.135 e. The fourth-order valence-corrected chi connectivity index (χ4v) is 5.50. The second-order valence-corrected chi connectivity index (χ2v) is 10.2. The van der Waals surface area contributed by atoms with Gasteiger partial charge >= 0.3 is 0 Å². The Morgan fingerprint density at radius 2 is 1.90 bits per heavy atom. The maximum Gasteiger partial charge on any atom is 0.135 e. The molecule has 200 valence electrons. The van der Waals surface area contributed by atoms with E-state index in [9.17, 15) is 4.39 Å². The van der Waals surface area contributed by atoms with Gasteiger partial charge in [-0.2, -0.15) is 5.10 Å². The highest BCUT2D eigenvalue weighted by atomic mass is 19.1. The number of allylic oxidation sites excluding steroid dienone is 5. The topological polar surface area (TPSA) is 82.3 Å². The van der Waals surface area contributed by atoms with Crippen LogP contribution in [0.2, 0.25) is 0 Å². The van der Waals surface area contributed by atoms with Crippen LogP contribution in [0.1, 0.15) is 38.3 Å². The SMILES string of the molecule is C=C/C(=C\C(=C/C)c1ccc2[nH]nc(-c3cc4c(-c5ccccc5F)cncc4[nH]3)c2n1)NC(=C)C1CCCC1. The number of nitrogens with one attached hydrogen (secondary N) is 3. The van der Waals surface area contributed by atoms with Gasteiger partial charge in [0.15, 0.2) is 0 Å². The Bertz CT molecular complexity index is 1800. The molecule has 0 amide bonds. The van der Waals surface area contributed by atoms with Crippen LogP contribution >= 0.6 is 0 Å². The number of fused-ring (bicyclic) bond motifs is 2. The maximum absolute atomic E-state index is 14.6. The Balaban J connectivity index is 1.36. The third-order valence-electron chi connectivity index (χ3n) is 7.66. The van der Waals surface area contributed by atoms with Crippen molar-refractivity contribution in [3.63, 3.8) is 0 Å². The van der Waals surface area contributed by atoms with E-state index in [2.05, 4.69) is 44.7 Å². The zero-order valence-electron chi connectivity index (χ0n) is 22.5. The van der Waals surface area contributed by atoms with Crippen LogP contribution in [-0.2, 0) is 0 Å². The van der Waals surface area contributed by atoms with Crippen LogP contribution in [0, 0.1) is 11.7 Å². The summed E-state index contributed by atoms with van der Waals surface area (Å²) in [6, 6.07) is 12.7. The van der Waals surface area contributed by atoms with Crippen molar-refractivity contribution in [3.05, 3.63) is 109 Å². The highest BCUT2D eigenvalue weighted by molar-refractivity contribution is 6.00. The molecule has 1 aromatic carbocycles. The molecule has 1 aliphatic carbocycles. The molecule has 3 N–H and O–H groups in total. The lowest BCUT2D eigenvalue weighted by molar-refractivity contribution is 0.607. The van der Waals surface area contributed by atoms with Crippen molar-refractivity contribution in [3.8, 4) is 22.5 Å². The number of pyridine rings is 2. The van der Waals surface area contributed by atoms with Gasteiger partial charge in [0.2, 0.25) is 0 Å². The average Bonchev–Trinajstić information content (AvgIpc) is 3.74. The Morgan fingerprint density at radius 3 is 2.67 bits per heavy atom. The molecular weight excluding hydrogens is 499 g/mol. The van der Waals surface area contributed by atoms with E-state index in [-0.39, 0.29) is 5.82 Å². The number of nitrogens with zero attached hydrogens (tertiary/aromatic N) is 3. The number of halogens is 1. The van der Waals surface area contributed by atoms with Gasteiger partial charge in [0.05, 0.1) is 28.6 Å². The predicted molar refractivity (Wildman–Crippen MR) is 161 cm³/mol. The molecule has 0 saturated heterocycles. The number of aromatic amines is 2. The van der Waals surface area contributed by atoms with E-state index < -0.39 is 0 Å². The first-order valence-corrected chi connectivity index (χ1v) is 13.6. The average molecular weight is 531 g/mol. The molecule has 7 heteroatoms. The van der Waals surface area contributed by atoms with Crippen LogP contribution in [0.3, 0.4) is 0 Å². The van der Waals surface area contributed by atoms with E-state index in [1.54, 1.807) is 24.5 Å². The van der Waals surface area contributed by atoms with Crippen LogP contribution < -0.4 is 5.32 Å². The fraction of sp³-hybridized carbons (Fsp3) is 0.182. The van der Waals surface area contributed by atoms with Crippen LogP contribution in [0.5, 0.6) is 0 Å². The Kier molecular flexibility index (Phi) is 6.86. The van der Waals surface area contributed by atoms with Gasteiger partial charge in [-0.3, -0.25) is 10.1 Å². The van der Waals surface area contributed by atoms with Gasteiger partial charge in [-0.25, -0.2) is 9.37 Å². The molecule has 6 rings (SSSR count). The number of hydrogen-bond donors (Lipinski definition) is 3. The standard InChI is InChI=1S/C33H31FN6/c1-4-21(16-23(5-2)36-20(3)22-10-6-7-11-22)28-14-15-29-32(38-28)33(40-39-29)30-17-25-26(18-35-19-31(25)37-30)24-12-8-9-13-27(24)34/h4-5,8-9,12-19,22,36-37H,2-3,6-7,10-11H2,1H3,(H,39,40)/b21-4+,23-16+. The number of aromatic nitrogens is 5. The molecule has 0 radical (unpaired) electrons. The minimum absolute atomic E-state index is 0.289. The van der Waals surface area contributed by atoms with Gasteiger partial charge in [-0.05, 0) is 67.7 Å². The summed E-state index contributed by atoms with van der Waals surface area (Å²) < 4.78 is 14.6. The number of H-pyrrole nitrogens is 2. The molecule has 40 heavy (non-hydrogen) atoms. The monoisotopic (exact) mass is 530 g/mol. The van der Waals surface area contributed by atoms with Gasteiger partial charge in [0.25, 0.3) is 0 Å². The molecule has 0 unspecified atom stereocenters. The minimum Gasteiger partial charge on any atom is -0.359 e. The summed E-state index contributed by atoms with van der Waals surface area (Å²) in [5.41, 5.74) is 8.74. The van der Waals surface area contributed by atoms with Crippen molar-refractivity contribution < 1.29 is 4.39 Å². The van der Waals surface area contributed by atoms with Crippen LogP contribution in [-0.4, -0.2) is 25.1 Å². The molecule has 0 aliphatic heterocycles. The van der Waals surface area contributed by atoms with E-state index in [0.29, 0.717) is 17.2 Å². The first-order chi connectivity index (χ1) is 19.6. The van der Waals surface area contributed by atoms with Crippen molar-refractivity contribution in [1.82, 2.24) is 30.5 Å². The lowest BCUT2D eigenvalue weighted by Gasteiger charge is -2.16. The second kappa shape index (κ2) is 10.8. The van der Waals surface area contributed by atoms with Crippen LogP contribution in [0.25, 0.3) is 50.0 Å². The van der Waals surface area contributed by atoms with E-state index in [1.165, 1.54) is 31.7 Å². The molecule has 5 aromatic rings. The van der Waals surface area contributed by atoms with E-state index in [0.717, 1.165) is 55.9 Å². The highest BCUT2D eigenvalue weighted by Crippen LogP contribution is 2.34. The molecular formula is C33H31FN6. The summed E-state index contributed by atoms with van der Waals surface area (Å²) >= 11 is 0. The van der Waals surface area contributed by atoms with Crippen LogP contribution in [0.4, 0.5) is 4.39 Å². The van der Waals surface area contributed by atoms with Crippen LogP contribution in [0.15, 0.2) is 97.6 Å². The van der Waals surface area contributed by atoms with Gasteiger partial charge in [-0.15, -0.1) is 0 Å². The number of benzene rings is 1. The molecule has 0 spiro atoms. The largest absolute Gasteiger partial charge is 0.359 e. The molecule has 4 heterocycles. The highest BCUT2D eigenvalue weighted by Gasteiger charge is 2.19.